The molecule has 5 nitrogen and oxygen atoms in total. The van der Waals surface area contributed by atoms with Gasteiger partial charge in [0.15, 0.2) is 0 Å². The van der Waals surface area contributed by atoms with Gasteiger partial charge in [-0.3, -0.25) is 9.69 Å². The Balaban J connectivity index is 1.43. The molecule has 2 aliphatic heterocycles. The van der Waals surface area contributed by atoms with Crippen molar-refractivity contribution >= 4 is 16.8 Å². The minimum atomic E-state index is -0.00167. The van der Waals surface area contributed by atoms with Gasteiger partial charge < -0.3 is 14.6 Å². The van der Waals surface area contributed by atoms with Gasteiger partial charge in [0.1, 0.15) is 0 Å². The second-order valence-electron chi connectivity index (χ2n) is 7.21. The second-order valence-corrected chi connectivity index (χ2v) is 7.21. The van der Waals surface area contributed by atoms with Crippen LogP contribution in [0.25, 0.3) is 10.9 Å². The van der Waals surface area contributed by atoms with Gasteiger partial charge in [-0.1, -0.05) is 25.1 Å². The molecule has 134 valence electrons. The van der Waals surface area contributed by atoms with Crippen LogP contribution in [0.3, 0.4) is 0 Å². The maximum Gasteiger partial charge on any atom is 0.253 e. The summed E-state index contributed by atoms with van der Waals surface area (Å²) in [7, 11) is 0. The summed E-state index contributed by atoms with van der Waals surface area (Å²) in [6.45, 7) is 6.56. The molecule has 1 aromatic heterocycles. The maximum absolute atomic E-state index is 12.8. The number of benzene rings is 1. The van der Waals surface area contributed by atoms with E-state index >= 15 is 0 Å². The number of hydrogen-bond donors (Lipinski definition) is 1. The van der Waals surface area contributed by atoms with Crippen LogP contribution in [-0.2, 0) is 11.3 Å². The van der Waals surface area contributed by atoms with Gasteiger partial charge >= 0.3 is 0 Å². The number of para-hydroxylation sites is 1. The first-order chi connectivity index (χ1) is 12.3. The highest BCUT2D eigenvalue weighted by Gasteiger charge is 2.32. The Hall–Kier alpha value is -1.85. The third-order valence-corrected chi connectivity index (χ3v) is 5.45. The monoisotopic (exact) mass is 341 g/mol. The molecule has 3 heterocycles. The molecule has 0 unspecified atom stereocenters. The Morgan fingerprint density at radius 3 is 3.12 bits per heavy atom. The Kier molecular flexibility index (Phi) is 4.77. The number of amides is 1. The van der Waals surface area contributed by atoms with Crippen LogP contribution >= 0.6 is 0 Å². The number of hydrogen-bond acceptors (Lipinski definition) is 3. The van der Waals surface area contributed by atoms with Crippen LogP contribution in [0.1, 0.15) is 36.5 Å². The molecule has 0 radical (unpaired) electrons. The van der Waals surface area contributed by atoms with Crippen LogP contribution in [0.15, 0.2) is 30.5 Å². The van der Waals surface area contributed by atoms with Crippen molar-refractivity contribution in [2.45, 2.75) is 44.9 Å². The Morgan fingerprint density at radius 2 is 2.24 bits per heavy atom. The summed E-state index contributed by atoms with van der Waals surface area (Å²) in [4.78, 5) is 15.3. The third kappa shape index (κ3) is 3.31. The van der Waals surface area contributed by atoms with Crippen molar-refractivity contribution in [3.05, 3.63) is 36.0 Å². The molecular weight excluding hydrogens is 314 g/mol. The normalized spacial score (nSPS) is 23.7. The average molecular weight is 341 g/mol. The van der Waals surface area contributed by atoms with E-state index in [0.717, 1.165) is 42.6 Å². The third-order valence-electron chi connectivity index (χ3n) is 5.45. The number of ether oxygens (including phenoxy) is 1. The average Bonchev–Trinajstić information content (AvgIpc) is 3.24. The van der Waals surface area contributed by atoms with E-state index in [-0.39, 0.29) is 12.0 Å². The first-order valence-electron chi connectivity index (χ1n) is 9.48. The van der Waals surface area contributed by atoms with E-state index in [1.807, 2.05) is 24.4 Å². The van der Waals surface area contributed by atoms with Crippen molar-refractivity contribution in [3.8, 4) is 0 Å². The molecule has 2 aliphatic rings. The van der Waals surface area contributed by atoms with Gasteiger partial charge in [-0.25, -0.2) is 0 Å². The van der Waals surface area contributed by atoms with E-state index in [0.29, 0.717) is 12.6 Å². The lowest BCUT2D eigenvalue weighted by atomic mass is 10.1. The number of carbonyl (C=O) groups excluding carboxylic acids is 1. The Bertz CT molecular complexity index is 754. The zero-order valence-corrected chi connectivity index (χ0v) is 14.9. The molecule has 2 saturated heterocycles. The summed E-state index contributed by atoms with van der Waals surface area (Å²) in [5.41, 5.74) is 1.89. The molecule has 2 aromatic rings. The fraction of sp³-hybridized carbons (Fsp3) is 0.550. The van der Waals surface area contributed by atoms with Crippen LogP contribution in [0, 0.1) is 0 Å². The summed E-state index contributed by atoms with van der Waals surface area (Å²) in [5.74, 6) is -0.00167. The van der Waals surface area contributed by atoms with Gasteiger partial charge in [0, 0.05) is 42.8 Å². The summed E-state index contributed by atoms with van der Waals surface area (Å²) in [5, 5.41) is 4.12. The first kappa shape index (κ1) is 16.6. The van der Waals surface area contributed by atoms with Gasteiger partial charge in [-0.15, -0.1) is 0 Å². The van der Waals surface area contributed by atoms with Crippen LogP contribution in [-0.4, -0.2) is 53.8 Å². The summed E-state index contributed by atoms with van der Waals surface area (Å²) >= 11 is 0. The second kappa shape index (κ2) is 7.18. The molecule has 1 amide bonds. The van der Waals surface area contributed by atoms with Gasteiger partial charge in [0.2, 0.25) is 0 Å². The van der Waals surface area contributed by atoms with Gasteiger partial charge in [-0.2, -0.15) is 0 Å². The molecule has 25 heavy (non-hydrogen) atoms. The standard InChI is InChI=1S/C20H27N3O2/c1-2-9-23-13-18(17-7-3-4-8-19(17)23)20(24)21-11-16-12-22-10-5-6-15(22)14-25-16/h3-4,7-8,13,15-16H,2,5-6,9-12,14H2,1H3,(H,21,24)/t15-,16+/m0/s1. The summed E-state index contributed by atoms with van der Waals surface area (Å²) in [6, 6.07) is 8.73. The van der Waals surface area contributed by atoms with E-state index in [1.165, 1.54) is 19.4 Å². The molecule has 2 fully saturated rings. The molecule has 0 spiro atoms. The van der Waals surface area contributed by atoms with Crippen molar-refractivity contribution in [3.63, 3.8) is 0 Å². The maximum atomic E-state index is 12.8. The predicted molar refractivity (Wildman–Crippen MR) is 98.9 cm³/mol. The highest BCUT2D eigenvalue weighted by molar-refractivity contribution is 6.07. The Morgan fingerprint density at radius 1 is 1.36 bits per heavy atom. The molecule has 5 heteroatoms. The lowest BCUT2D eigenvalue weighted by Crippen LogP contribution is -2.50. The molecule has 0 bridgehead atoms. The largest absolute Gasteiger partial charge is 0.373 e. The van der Waals surface area contributed by atoms with E-state index in [9.17, 15) is 4.79 Å². The number of carbonyl (C=O) groups is 1. The summed E-state index contributed by atoms with van der Waals surface area (Å²) in [6.07, 6.45) is 5.65. The molecule has 2 atom stereocenters. The molecular formula is C20H27N3O2. The highest BCUT2D eigenvalue weighted by Crippen LogP contribution is 2.23. The minimum Gasteiger partial charge on any atom is -0.373 e. The molecule has 1 N–H and O–H groups in total. The molecule has 1 aromatic carbocycles. The fourth-order valence-corrected chi connectivity index (χ4v) is 4.16. The van der Waals surface area contributed by atoms with Crippen LogP contribution in [0.2, 0.25) is 0 Å². The smallest absolute Gasteiger partial charge is 0.253 e. The number of aryl methyl sites for hydroxylation is 1. The van der Waals surface area contributed by atoms with E-state index in [1.54, 1.807) is 0 Å². The fourth-order valence-electron chi connectivity index (χ4n) is 4.16. The molecule has 0 saturated carbocycles. The minimum absolute atomic E-state index is 0.00167. The molecule has 4 rings (SSSR count). The van der Waals surface area contributed by atoms with Crippen LogP contribution in [0.4, 0.5) is 0 Å². The summed E-state index contributed by atoms with van der Waals surface area (Å²) < 4.78 is 8.12. The number of fused-ring (bicyclic) bond motifs is 2. The topological polar surface area (TPSA) is 46.5 Å². The Labute approximate surface area is 148 Å². The van der Waals surface area contributed by atoms with E-state index in [4.69, 9.17) is 4.74 Å². The van der Waals surface area contributed by atoms with Crippen LogP contribution < -0.4 is 5.32 Å². The number of nitrogens with zero attached hydrogens (tertiary/aromatic N) is 2. The quantitative estimate of drug-likeness (QED) is 0.909. The number of rotatable bonds is 5. The highest BCUT2D eigenvalue weighted by atomic mass is 16.5. The number of morpholine rings is 1. The van der Waals surface area contributed by atoms with E-state index < -0.39 is 0 Å². The number of nitrogens with one attached hydrogen (secondary N) is 1. The van der Waals surface area contributed by atoms with Gasteiger partial charge in [-0.05, 0) is 31.9 Å². The first-order valence-corrected chi connectivity index (χ1v) is 9.48. The zero-order valence-electron chi connectivity index (χ0n) is 14.9. The van der Waals surface area contributed by atoms with E-state index in [2.05, 4.69) is 27.8 Å². The van der Waals surface area contributed by atoms with Crippen molar-refractivity contribution in [1.82, 2.24) is 14.8 Å². The van der Waals surface area contributed by atoms with Crippen molar-refractivity contribution < 1.29 is 9.53 Å². The van der Waals surface area contributed by atoms with Crippen molar-refractivity contribution in [1.29, 1.82) is 0 Å². The van der Waals surface area contributed by atoms with Crippen LogP contribution in [0.5, 0.6) is 0 Å². The van der Waals surface area contributed by atoms with Gasteiger partial charge in [0.25, 0.3) is 5.91 Å². The van der Waals surface area contributed by atoms with Crippen molar-refractivity contribution in [2.75, 3.05) is 26.2 Å². The lowest BCUT2D eigenvalue weighted by Gasteiger charge is -2.35. The zero-order chi connectivity index (χ0) is 17.2. The SMILES string of the molecule is CCCn1cc(C(=O)NC[C@@H]2CN3CCC[C@H]3CO2)c2ccccc21. The number of aromatic nitrogens is 1. The molecule has 0 aliphatic carbocycles. The predicted octanol–water partition coefficient (Wildman–Crippen LogP) is 2.64. The lowest BCUT2D eigenvalue weighted by molar-refractivity contribution is -0.0461. The van der Waals surface area contributed by atoms with Crippen molar-refractivity contribution in [2.24, 2.45) is 0 Å². The van der Waals surface area contributed by atoms with Gasteiger partial charge in [0.05, 0.1) is 18.3 Å².